The molecule has 15 heteroatoms. The minimum Gasteiger partial charge on any atom is -0.481 e. The lowest BCUT2D eigenvalue weighted by Crippen LogP contribution is -2.54. The number of carboxylic acid groups (broad SMARTS) is 1. The highest BCUT2D eigenvalue weighted by atomic mass is 32.2. The van der Waals surface area contributed by atoms with Crippen LogP contribution in [0, 0.1) is 5.41 Å². The molecule has 41 heavy (non-hydrogen) atoms. The van der Waals surface area contributed by atoms with E-state index in [-0.39, 0.29) is 42.9 Å². The number of carboxylic acids is 1. The van der Waals surface area contributed by atoms with Crippen molar-refractivity contribution in [3.8, 4) is 0 Å². The molecular weight excluding hydrogens is 556 g/mol. The molecule has 0 radical (unpaired) electrons. The first kappa shape index (κ1) is 32.7. The highest BCUT2D eigenvalue weighted by molar-refractivity contribution is 7.89. The van der Waals surface area contributed by atoms with Crippen LogP contribution in [0.4, 0.5) is 5.69 Å². The summed E-state index contributed by atoms with van der Waals surface area (Å²) in [5, 5.41) is 17.4. The Bertz CT molecular complexity index is 1330. The Labute approximate surface area is 238 Å². The monoisotopic (exact) mass is 590 g/mol. The predicted octanol–water partition coefficient (Wildman–Crippen LogP) is -0.263. The van der Waals surface area contributed by atoms with Gasteiger partial charge in [0.1, 0.15) is 11.9 Å². The number of nitrogens with one attached hydrogen (secondary N) is 3. The van der Waals surface area contributed by atoms with Crippen LogP contribution in [-0.4, -0.2) is 93.4 Å². The average molecular weight is 591 g/mol. The first-order chi connectivity index (χ1) is 19.3. The molecule has 1 fully saturated rings. The number of esters is 1. The maximum Gasteiger partial charge on any atom is 0.326 e. The summed E-state index contributed by atoms with van der Waals surface area (Å²) in [5.41, 5.74) is 6.85. The lowest BCUT2D eigenvalue weighted by atomic mass is 10.1. The summed E-state index contributed by atoms with van der Waals surface area (Å²) in [6.07, 6.45) is 0. The van der Waals surface area contributed by atoms with Crippen molar-refractivity contribution in [2.45, 2.75) is 24.8 Å². The van der Waals surface area contributed by atoms with Gasteiger partial charge >= 0.3 is 5.97 Å². The number of carbonyl (C=O) groups is 4. The molecule has 2 aromatic carbocycles. The minimum absolute atomic E-state index is 0.0324. The van der Waals surface area contributed by atoms with Crippen LogP contribution in [0.5, 0.6) is 0 Å². The summed E-state index contributed by atoms with van der Waals surface area (Å²) in [6.45, 7) is 2.96. The van der Waals surface area contributed by atoms with Gasteiger partial charge in [-0.3, -0.25) is 24.6 Å². The van der Waals surface area contributed by atoms with Gasteiger partial charge < -0.3 is 30.7 Å². The standard InChI is InChI=1S/C24H30N6O6S.C2H4O2/c1-2-36-24(33)20(28-37(34,35)19-6-4-3-5-7-19)14-27-21(31)15-30-13-12-29(16-22(30)32)18-10-8-17(9-11-18)23(25)26;1-2(3)4/h3-11,20,28H,2,12-16H2,1H3,(H3,25,26)(H,27,31);1H3,(H,3,4)/t20-;/m0./s1. The van der Waals surface area contributed by atoms with Crippen molar-refractivity contribution in [2.75, 3.05) is 44.2 Å². The second kappa shape index (κ2) is 15.3. The van der Waals surface area contributed by atoms with Crippen LogP contribution < -0.4 is 20.7 Å². The Kier molecular flexibility index (Phi) is 12.2. The molecule has 14 nitrogen and oxygen atoms in total. The summed E-state index contributed by atoms with van der Waals surface area (Å²) in [6, 6.07) is 13.1. The zero-order valence-corrected chi connectivity index (χ0v) is 23.5. The largest absolute Gasteiger partial charge is 0.481 e. The molecule has 0 spiro atoms. The molecular formula is C26H34N6O8S. The number of anilines is 1. The second-order valence-corrected chi connectivity index (χ2v) is 10.5. The van der Waals surface area contributed by atoms with E-state index in [1.807, 2.05) is 4.90 Å². The van der Waals surface area contributed by atoms with Crippen molar-refractivity contribution >= 4 is 45.3 Å². The van der Waals surface area contributed by atoms with Gasteiger partial charge in [-0.05, 0) is 43.3 Å². The van der Waals surface area contributed by atoms with Crippen molar-refractivity contribution in [1.29, 1.82) is 5.41 Å². The molecule has 6 N–H and O–H groups in total. The van der Waals surface area contributed by atoms with Gasteiger partial charge in [0.15, 0.2) is 0 Å². The van der Waals surface area contributed by atoms with Gasteiger partial charge in [0.25, 0.3) is 5.97 Å². The molecule has 3 rings (SSSR count). The van der Waals surface area contributed by atoms with Crippen molar-refractivity contribution < 1.29 is 37.4 Å². The summed E-state index contributed by atoms with van der Waals surface area (Å²) in [4.78, 5) is 49.8. The smallest absolute Gasteiger partial charge is 0.326 e. The van der Waals surface area contributed by atoms with Gasteiger partial charge in [0.2, 0.25) is 21.8 Å². The van der Waals surface area contributed by atoms with Crippen LogP contribution in [0.3, 0.4) is 0 Å². The van der Waals surface area contributed by atoms with Gasteiger partial charge in [-0.1, -0.05) is 18.2 Å². The van der Waals surface area contributed by atoms with E-state index in [2.05, 4.69) is 10.0 Å². The highest BCUT2D eigenvalue weighted by Crippen LogP contribution is 2.18. The summed E-state index contributed by atoms with van der Waals surface area (Å²) in [7, 11) is -4.04. The molecule has 1 aliphatic heterocycles. The van der Waals surface area contributed by atoms with Crippen molar-refractivity contribution in [3.05, 3.63) is 60.2 Å². The zero-order chi connectivity index (χ0) is 30.6. The average Bonchev–Trinajstić information content (AvgIpc) is 2.92. The number of nitrogens with zero attached hydrogens (tertiary/aromatic N) is 2. The van der Waals surface area contributed by atoms with Gasteiger partial charge in [-0.25, -0.2) is 8.42 Å². The molecule has 0 aliphatic carbocycles. The molecule has 0 aromatic heterocycles. The van der Waals surface area contributed by atoms with Gasteiger partial charge in [-0.15, -0.1) is 0 Å². The number of nitrogens with two attached hydrogens (primary N) is 1. The fourth-order valence-corrected chi connectivity index (χ4v) is 4.87. The Morgan fingerprint density at radius 2 is 1.71 bits per heavy atom. The maximum atomic E-state index is 12.6. The molecule has 1 heterocycles. The van der Waals surface area contributed by atoms with E-state index in [9.17, 15) is 22.8 Å². The van der Waals surface area contributed by atoms with E-state index >= 15 is 0 Å². The molecule has 2 amide bonds. The van der Waals surface area contributed by atoms with Crippen LogP contribution in [0.2, 0.25) is 0 Å². The van der Waals surface area contributed by atoms with E-state index in [1.54, 1.807) is 49.4 Å². The van der Waals surface area contributed by atoms with Gasteiger partial charge in [-0.2, -0.15) is 4.72 Å². The van der Waals surface area contributed by atoms with E-state index < -0.39 is 33.9 Å². The number of amides is 2. The summed E-state index contributed by atoms with van der Waals surface area (Å²) in [5.74, 6) is -2.51. The van der Waals surface area contributed by atoms with Crippen molar-refractivity contribution in [3.63, 3.8) is 0 Å². The molecule has 0 unspecified atom stereocenters. The molecule has 1 atom stereocenters. The SMILES string of the molecule is CC(=O)O.CCOC(=O)[C@H](CNC(=O)CN1CCN(c2ccc(C(=N)N)cc2)CC1=O)NS(=O)(=O)c1ccccc1. The predicted molar refractivity (Wildman–Crippen MR) is 150 cm³/mol. The lowest BCUT2D eigenvalue weighted by Gasteiger charge is -2.35. The number of benzene rings is 2. The van der Waals surface area contributed by atoms with Crippen molar-refractivity contribution in [1.82, 2.24) is 14.9 Å². The molecule has 1 aliphatic rings. The van der Waals surface area contributed by atoms with E-state index in [0.29, 0.717) is 18.7 Å². The van der Waals surface area contributed by atoms with Crippen LogP contribution >= 0.6 is 0 Å². The third-order valence-corrected chi connectivity index (χ3v) is 7.11. The van der Waals surface area contributed by atoms with E-state index in [1.165, 1.54) is 17.0 Å². The second-order valence-electron chi connectivity index (χ2n) is 8.76. The van der Waals surface area contributed by atoms with Crippen molar-refractivity contribution in [2.24, 2.45) is 5.73 Å². The Balaban J connectivity index is 0.00000138. The number of rotatable bonds is 11. The zero-order valence-electron chi connectivity index (χ0n) is 22.7. The Hall–Kier alpha value is -4.50. The Morgan fingerprint density at radius 1 is 1.10 bits per heavy atom. The van der Waals surface area contributed by atoms with Crippen LogP contribution in [-0.2, 0) is 33.9 Å². The number of piperazine rings is 1. The Morgan fingerprint density at radius 3 is 2.24 bits per heavy atom. The first-order valence-electron chi connectivity index (χ1n) is 12.5. The van der Waals surface area contributed by atoms with Gasteiger partial charge in [0, 0.05) is 37.8 Å². The van der Waals surface area contributed by atoms with Gasteiger partial charge in [0.05, 0.1) is 24.6 Å². The fraction of sp³-hybridized carbons (Fsp3) is 0.346. The normalized spacial score (nSPS) is 13.9. The van der Waals surface area contributed by atoms with Crippen LogP contribution in [0.15, 0.2) is 59.5 Å². The number of nitrogen functional groups attached to an aromatic ring is 1. The highest BCUT2D eigenvalue weighted by Gasteiger charge is 2.29. The number of sulfonamides is 1. The maximum absolute atomic E-state index is 12.6. The topological polar surface area (TPSA) is 212 Å². The number of ether oxygens (including phenoxy) is 1. The summed E-state index contributed by atoms with van der Waals surface area (Å²) >= 11 is 0. The van der Waals surface area contributed by atoms with E-state index in [4.69, 9.17) is 25.8 Å². The minimum atomic E-state index is -4.04. The number of hydrogen-bond acceptors (Lipinski definition) is 9. The third kappa shape index (κ3) is 10.5. The van der Waals surface area contributed by atoms with E-state index in [0.717, 1.165) is 12.6 Å². The summed E-state index contributed by atoms with van der Waals surface area (Å²) < 4.78 is 32.5. The molecule has 0 saturated carbocycles. The quantitative estimate of drug-likeness (QED) is 0.131. The molecule has 1 saturated heterocycles. The first-order valence-corrected chi connectivity index (χ1v) is 14.0. The molecule has 222 valence electrons. The number of amidine groups is 1. The molecule has 0 bridgehead atoms. The fourth-order valence-electron chi connectivity index (χ4n) is 3.66. The third-order valence-electron chi connectivity index (χ3n) is 5.62. The van der Waals surface area contributed by atoms with Crippen LogP contribution in [0.25, 0.3) is 0 Å². The molecule has 2 aromatic rings. The number of aliphatic carboxylic acids is 1. The number of hydrogen-bond donors (Lipinski definition) is 5. The lowest BCUT2D eigenvalue weighted by molar-refractivity contribution is -0.145. The van der Waals surface area contributed by atoms with Crippen LogP contribution in [0.1, 0.15) is 19.4 Å². The number of carbonyl (C=O) groups excluding carboxylic acids is 3.